The summed E-state index contributed by atoms with van der Waals surface area (Å²) in [4.78, 5) is 14.9. The van der Waals surface area contributed by atoms with Crippen molar-refractivity contribution >= 4 is 5.78 Å². The van der Waals surface area contributed by atoms with Crippen LogP contribution in [0.25, 0.3) is 0 Å². The number of nitrogens with one attached hydrogen (secondary N) is 1. The molecular weight excluding hydrogens is 202 g/mol. The third-order valence-electron chi connectivity index (χ3n) is 2.53. The second-order valence-electron chi connectivity index (χ2n) is 3.61. The van der Waals surface area contributed by atoms with Crippen molar-refractivity contribution in [3.63, 3.8) is 0 Å². The first-order valence-electron chi connectivity index (χ1n) is 5.04. The van der Waals surface area contributed by atoms with Gasteiger partial charge >= 0.3 is 0 Å². The first kappa shape index (κ1) is 10.5. The zero-order valence-corrected chi connectivity index (χ0v) is 9.28. The van der Waals surface area contributed by atoms with Crippen LogP contribution in [0.5, 0.6) is 5.75 Å². The van der Waals surface area contributed by atoms with Gasteiger partial charge in [-0.3, -0.25) is 4.79 Å². The molecule has 0 aliphatic carbocycles. The molecule has 0 amide bonds. The minimum atomic E-state index is -0.000417. The van der Waals surface area contributed by atoms with Crippen LogP contribution in [-0.4, -0.2) is 17.9 Å². The molecule has 2 rings (SSSR count). The summed E-state index contributed by atoms with van der Waals surface area (Å²) in [6.07, 6.45) is 3.42. The lowest BCUT2D eigenvalue weighted by Gasteiger charge is -2.06. The van der Waals surface area contributed by atoms with E-state index >= 15 is 0 Å². The molecule has 0 saturated carbocycles. The van der Waals surface area contributed by atoms with Gasteiger partial charge in [-0.15, -0.1) is 0 Å². The molecule has 0 bridgehead atoms. The molecule has 0 unspecified atom stereocenters. The zero-order valence-electron chi connectivity index (χ0n) is 9.28. The van der Waals surface area contributed by atoms with Gasteiger partial charge in [0.2, 0.25) is 0 Å². The summed E-state index contributed by atoms with van der Waals surface area (Å²) in [7, 11) is 1.60. The van der Waals surface area contributed by atoms with Crippen LogP contribution in [0.2, 0.25) is 0 Å². The molecule has 3 heteroatoms. The van der Waals surface area contributed by atoms with Gasteiger partial charge in [0.05, 0.1) is 7.11 Å². The average molecular weight is 215 g/mol. The second-order valence-corrected chi connectivity index (χ2v) is 3.61. The summed E-state index contributed by atoms with van der Waals surface area (Å²) in [5, 5.41) is 0. The van der Waals surface area contributed by atoms with Crippen molar-refractivity contribution < 1.29 is 9.53 Å². The fourth-order valence-corrected chi connectivity index (χ4v) is 1.59. The maximum atomic E-state index is 12.0. The molecule has 1 heterocycles. The predicted octanol–water partition coefficient (Wildman–Crippen LogP) is 2.56. The molecule has 0 saturated heterocycles. The number of hydrogen-bond acceptors (Lipinski definition) is 2. The van der Waals surface area contributed by atoms with Crippen molar-refractivity contribution in [2.24, 2.45) is 0 Å². The van der Waals surface area contributed by atoms with Crippen LogP contribution >= 0.6 is 0 Å². The summed E-state index contributed by atoms with van der Waals surface area (Å²) in [5.74, 6) is 0.737. The highest BCUT2D eigenvalue weighted by Crippen LogP contribution is 2.20. The molecule has 0 aliphatic rings. The van der Waals surface area contributed by atoms with Gasteiger partial charge in [-0.2, -0.15) is 0 Å². The van der Waals surface area contributed by atoms with Crippen molar-refractivity contribution in [1.82, 2.24) is 4.98 Å². The van der Waals surface area contributed by atoms with E-state index in [0.717, 1.165) is 11.3 Å². The van der Waals surface area contributed by atoms with Crippen LogP contribution in [0, 0.1) is 6.92 Å². The van der Waals surface area contributed by atoms with Gasteiger partial charge in [0.25, 0.3) is 0 Å². The highest BCUT2D eigenvalue weighted by atomic mass is 16.5. The Bertz CT molecular complexity index is 501. The number of aromatic nitrogens is 1. The molecule has 16 heavy (non-hydrogen) atoms. The van der Waals surface area contributed by atoms with Crippen LogP contribution in [0.4, 0.5) is 0 Å². The fraction of sp³-hybridized carbons (Fsp3) is 0.154. The van der Waals surface area contributed by atoms with Crippen LogP contribution in [-0.2, 0) is 0 Å². The van der Waals surface area contributed by atoms with E-state index in [1.54, 1.807) is 31.6 Å². The Morgan fingerprint density at radius 1 is 1.25 bits per heavy atom. The number of H-pyrrole nitrogens is 1. The number of benzene rings is 1. The number of rotatable bonds is 3. The normalized spacial score (nSPS) is 10.1. The highest BCUT2D eigenvalue weighted by Gasteiger charge is 2.10. The number of ether oxygens (including phenoxy) is 1. The van der Waals surface area contributed by atoms with Crippen LogP contribution in [0.3, 0.4) is 0 Å². The van der Waals surface area contributed by atoms with Gasteiger partial charge in [-0.05, 0) is 24.6 Å². The molecule has 0 radical (unpaired) electrons. The van der Waals surface area contributed by atoms with Gasteiger partial charge in [0, 0.05) is 23.5 Å². The Morgan fingerprint density at radius 3 is 2.69 bits per heavy atom. The molecule has 1 aromatic carbocycles. The number of aryl methyl sites for hydroxylation is 1. The van der Waals surface area contributed by atoms with Gasteiger partial charge in [-0.25, -0.2) is 0 Å². The van der Waals surface area contributed by atoms with E-state index in [1.165, 1.54) is 0 Å². The summed E-state index contributed by atoms with van der Waals surface area (Å²) in [5.41, 5.74) is 2.32. The molecule has 82 valence electrons. The van der Waals surface area contributed by atoms with E-state index < -0.39 is 0 Å². The molecule has 3 nitrogen and oxygen atoms in total. The minimum Gasteiger partial charge on any atom is -0.496 e. The van der Waals surface area contributed by atoms with Crippen LogP contribution < -0.4 is 4.74 Å². The van der Waals surface area contributed by atoms with Crippen molar-refractivity contribution in [1.29, 1.82) is 0 Å². The van der Waals surface area contributed by atoms with Crippen LogP contribution in [0.1, 0.15) is 21.5 Å². The van der Waals surface area contributed by atoms with Gasteiger partial charge < -0.3 is 9.72 Å². The Kier molecular flexibility index (Phi) is 2.77. The van der Waals surface area contributed by atoms with E-state index in [2.05, 4.69) is 4.98 Å². The molecule has 0 spiro atoms. The number of methoxy groups -OCH3 is 1. The van der Waals surface area contributed by atoms with Crippen LogP contribution in [0.15, 0.2) is 36.7 Å². The monoisotopic (exact) mass is 215 g/mol. The largest absolute Gasteiger partial charge is 0.496 e. The summed E-state index contributed by atoms with van der Waals surface area (Å²) in [6.45, 7) is 1.95. The van der Waals surface area contributed by atoms with E-state index in [4.69, 9.17) is 4.74 Å². The number of carbonyl (C=O) groups excluding carboxylic acids is 1. The fourth-order valence-electron chi connectivity index (χ4n) is 1.59. The number of aromatic amines is 1. The van der Waals surface area contributed by atoms with Crippen molar-refractivity contribution in [2.75, 3.05) is 7.11 Å². The SMILES string of the molecule is COc1cc(C(=O)c2cc[nH]c2)ccc1C. The van der Waals surface area contributed by atoms with Gasteiger partial charge in [-0.1, -0.05) is 12.1 Å². The number of hydrogen-bond donors (Lipinski definition) is 1. The zero-order chi connectivity index (χ0) is 11.5. The van der Waals surface area contributed by atoms with E-state index in [9.17, 15) is 4.79 Å². The van der Waals surface area contributed by atoms with E-state index in [-0.39, 0.29) is 5.78 Å². The quantitative estimate of drug-likeness (QED) is 0.799. The van der Waals surface area contributed by atoms with E-state index in [0.29, 0.717) is 11.1 Å². The molecule has 0 aliphatic heterocycles. The number of ketones is 1. The van der Waals surface area contributed by atoms with Crippen molar-refractivity contribution in [3.05, 3.63) is 53.3 Å². The third-order valence-corrected chi connectivity index (χ3v) is 2.53. The molecule has 2 aromatic rings. The molecule has 1 aromatic heterocycles. The average Bonchev–Trinajstić information content (AvgIpc) is 2.82. The lowest BCUT2D eigenvalue weighted by Crippen LogP contribution is -2.00. The Labute approximate surface area is 94.1 Å². The lowest BCUT2D eigenvalue weighted by atomic mass is 10.0. The lowest BCUT2D eigenvalue weighted by molar-refractivity contribution is 0.103. The maximum Gasteiger partial charge on any atom is 0.194 e. The molecular formula is C13H13NO2. The first-order valence-corrected chi connectivity index (χ1v) is 5.04. The topological polar surface area (TPSA) is 42.1 Å². The standard InChI is InChI=1S/C13H13NO2/c1-9-3-4-10(7-12(9)16-2)13(15)11-5-6-14-8-11/h3-8,14H,1-2H3. The van der Waals surface area contributed by atoms with Crippen molar-refractivity contribution in [3.8, 4) is 5.75 Å². The highest BCUT2D eigenvalue weighted by molar-refractivity contribution is 6.09. The van der Waals surface area contributed by atoms with E-state index in [1.807, 2.05) is 19.1 Å². The summed E-state index contributed by atoms with van der Waals surface area (Å²) >= 11 is 0. The second kappa shape index (κ2) is 4.23. The smallest absolute Gasteiger partial charge is 0.194 e. The Hall–Kier alpha value is -2.03. The molecule has 0 fully saturated rings. The summed E-state index contributed by atoms with van der Waals surface area (Å²) in [6, 6.07) is 7.23. The first-order chi connectivity index (χ1) is 7.72. The maximum absolute atomic E-state index is 12.0. The minimum absolute atomic E-state index is 0.000417. The van der Waals surface area contributed by atoms with Gasteiger partial charge in [0.15, 0.2) is 5.78 Å². The summed E-state index contributed by atoms with van der Waals surface area (Å²) < 4.78 is 5.19. The number of carbonyl (C=O) groups is 1. The van der Waals surface area contributed by atoms with Gasteiger partial charge in [0.1, 0.15) is 5.75 Å². The molecule has 1 N–H and O–H groups in total. The van der Waals surface area contributed by atoms with Crippen molar-refractivity contribution in [2.45, 2.75) is 6.92 Å². The Balaban J connectivity index is 2.38. The third kappa shape index (κ3) is 1.84. The predicted molar refractivity (Wildman–Crippen MR) is 62.0 cm³/mol. The Morgan fingerprint density at radius 2 is 2.06 bits per heavy atom. The molecule has 0 atom stereocenters.